The Morgan fingerprint density at radius 1 is 1.00 bits per heavy atom. The molecule has 0 amide bonds. The van der Waals surface area contributed by atoms with E-state index in [1.165, 1.54) is 0 Å². The molecule has 1 N–H and O–H groups in total. The molecule has 29 heavy (non-hydrogen) atoms. The quantitative estimate of drug-likeness (QED) is 0.603. The normalized spacial score (nSPS) is 11.9. The van der Waals surface area contributed by atoms with Crippen LogP contribution in [0.2, 0.25) is 0 Å². The van der Waals surface area contributed by atoms with E-state index in [-0.39, 0.29) is 18.1 Å². The van der Waals surface area contributed by atoms with E-state index in [2.05, 4.69) is 25.2 Å². The minimum atomic E-state index is -0.0312. The van der Waals surface area contributed by atoms with Crippen molar-refractivity contribution in [1.29, 1.82) is 0 Å². The molecular formula is C22H30ClN3O3. The first kappa shape index (κ1) is 22.8. The highest BCUT2D eigenvalue weighted by atomic mass is 35.5. The number of nitrogens with zero attached hydrogens (tertiary/aromatic N) is 2. The average Bonchev–Trinajstić information content (AvgIpc) is 2.94. The van der Waals surface area contributed by atoms with Gasteiger partial charge in [0.05, 0.1) is 18.1 Å². The summed E-state index contributed by atoms with van der Waals surface area (Å²) in [6, 6.07) is 12.4. The SMILES string of the molecule is CCC(C)NCc1ccc(OCc2ccc3c(c2)n(C)c(=O)n3C)c(OC)c1.Cl. The molecule has 1 unspecified atom stereocenters. The highest BCUT2D eigenvalue weighted by molar-refractivity contribution is 5.85. The third-order valence-electron chi connectivity index (χ3n) is 5.23. The molecule has 0 saturated heterocycles. The number of aryl methyl sites for hydroxylation is 2. The van der Waals surface area contributed by atoms with Gasteiger partial charge in [-0.1, -0.05) is 19.1 Å². The molecule has 0 fully saturated rings. The van der Waals surface area contributed by atoms with Crippen molar-refractivity contribution in [1.82, 2.24) is 14.5 Å². The zero-order valence-electron chi connectivity index (χ0n) is 17.7. The monoisotopic (exact) mass is 419 g/mol. The summed E-state index contributed by atoms with van der Waals surface area (Å²) in [5.74, 6) is 1.42. The predicted octanol–water partition coefficient (Wildman–Crippen LogP) is 3.77. The largest absolute Gasteiger partial charge is 0.493 e. The van der Waals surface area contributed by atoms with Crippen molar-refractivity contribution in [2.45, 2.75) is 39.5 Å². The number of fused-ring (bicyclic) bond motifs is 1. The smallest absolute Gasteiger partial charge is 0.328 e. The maximum atomic E-state index is 12.1. The van der Waals surface area contributed by atoms with Crippen LogP contribution < -0.4 is 20.5 Å². The number of aromatic nitrogens is 2. The van der Waals surface area contributed by atoms with Crippen LogP contribution in [0.15, 0.2) is 41.2 Å². The molecule has 0 aliphatic carbocycles. The molecule has 158 valence electrons. The molecule has 7 heteroatoms. The molecule has 0 saturated carbocycles. The predicted molar refractivity (Wildman–Crippen MR) is 119 cm³/mol. The van der Waals surface area contributed by atoms with Crippen LogP contribution in [-0.2, 0) is 27.2 Å². The Morgan fingerprint density at radius 3 is 2.38 bits per heavy atom. The molecule has 0 bridgehead atoms. The van der Waals surface area contributed by atoms with Gasteiger partial charge in [0.2, 0.25) is 0 Å². The second kappa shape index (κ2) is 9.85. The lowest BCUT2D eigenvalue weighted by molar-refractivity contribution is 0.284. The lowest BCUT2D eigenvalue weighted by atomic mass is 10.1. The van der Waals surface area contributed by atoms with E-state index in [0.717, 1.165) is 40.9 Å². The molecule has 3 rings (SSSR count). The third kappa shape index (κ3) is 4.95. The van der Waals surface area contributed by atoms with Crippen molar-refractivity contribution in [3.8, 4) is 11.5 Å². The van der Waals surface area contributed by atoms with Gasteiger partial charge in [-0.3, -0.25) is 9.13 Å². The number of hydrogen-bond acceptors (Lipinski definition) is 4. The highest BCUT2D eigenvalue weighted by Gasteiger charge is 2.10. The van der Waals surface area contributed by atoms with Crippen molar-refractivity contribution in [2.75, 3.05) is 7.11 Å². The van der Waals surface area contributed by atoms with Gasteiger partial charge in [0.1, 0.15) is 6.61 Å². The number of methoxy groups -OCH3 is 1. The number of rotatable bonds is 8. The molecule has 0 radical (unpaired) electrons. The Hall–Kier alpha value is -2.44. The number of halogens is 1. The van der Waals surface area contributed by atoms with Crippen molar-refractivity contribution in [3.05, 3.63) is 58.0 Å². The van der Waals surface area contributed by atoms with Crippen molar-refractivity contribution in [2.24, 2.45) is 14.1 Å². The maximum Gasteiger partial charge on any atom is 0.328 e. The van der Waals surface area contributed by atoms with E-state index in [1.807, 2.05) is 30.3 Å². The van der Waals surface area contributed by atoms with Crippen LogP contribution in [0.25, 0.3) is 11.0 Å². The summed E-state index contributed by atoms with van der Waals surface area (Å²) in [6.45, 7) is 5.54. The second-order valence-corrected chi connectivity index (χ2v) is 7.19. The van der Waals surface area contributed by atoms with E-state index >= 15 is 0 Å². The zero-order chi connectivity index (χ0) is 20.3. The Balaban J connectivity index is 0.00000300. The lowest BCUT2D eigenvalue weighted by Gasteiger charge is -2.14. The molecule has 1 atom stereocenters. The molecule has 2 aromatic carbocycles. The summed E-state index contributed by atoms with van der Waals surface area (Å²) in [5.41, 5.74) is 3.93. The van der Waals surface area contributed by atoms with Crippen LogP contribution in [0.1, 0.15) is 31.4 Å². The summed E-state index contributed by atoms with van der Waals surface area (Å²) >= 11 is 0. The number of imidazole rings is 1. The van der Waals surface area contributed by atoms with Gasteiger partial charge in [-0.15, -0.1) is 12.4 Å². The molecule has 1 aromatic heterocycles. The lowest BCUT2D eigenvalue weighted by Crippen LogP contribution is -2.24. The van der Waals surface area contributed by atoms with E-state index < -0.39 is 0 Å². The van der Waals surface area contributed by atoms with E-state index in [1.54, 1.807) is 30.3 Å². The molecule has 0 spiro atoms. The van der Waals surface area contributed by atoms with Gasteiger partial charge in [0.15, 0.2) is 11.5 Å². The van der Waals surface area contributed by atoms with Crippen LogP contribution in [0.3, 0.4) is 0 Å². The van der Waals surface area contributed by atoms with Gasteiger partial charge in [-0.25, -0.2) is 4.79 Å². The zero-order valence-corrected chi connectivity index (χ0v) is 18.5. The van der Waals surface area contributed by atoms with Gasteiger partial charge in [0.25, 0.3) is 0 Å². The summed E-state index contributed by atoms with van der Waals surface area (Å²) in [6.07, 6.45) is 1.09. The minimum Gasteiger partial charge on any atom is -0.493 e. The van der Waals surface area contributed by atoms with Crippen LogP contribution in [0.5, 0.6) is 11.5 Å². The first-order valence-electron chi connectivity index (χ1n) is 9.62. The Bertz CT molecular complexity index is 1030. The Labute approximate surface area is 177 Å². The molecule has 0 aliphatic rings. The van der Waals surface area contributed by atoms with Gasteiger partial charge < -0.3 is 14.8 Å². The van der Waals surface area contributed by atoms with Crippen LogP contribution in [0.4, 0.5) is 0 Å². The molecule has 6 nitrogen and oxygen atoms in total. The van der Waals surface area contributed by atoms with Gasteiger partial charge in [-0.05, 0) is 48.7 Å². The van der Waals surface area contributed by atoms with Crippen LogP contribution >= 0.6 is 12.4 Å². The number of hydrogen-bond donors (Lipinski definition) is 1. The topological polar surface area (TPSA) is 57.4 Å². The van der Waals surface area contributed by atoms with E-state index in [0.29, 0.717) is 18.4 Å². The van der Waals surface area contributed by atoms with Gasteiger partial charge >= 0.3 is 5.69 Å². The summed E-state index contributed by atoms with van der Waals surface area (Å²) in [7, 11) is 5.22. The second-order valence-electron chi connectivity index (χ2n) is 7.19. The number of nitrogens with one attached hydrogen (secondary N) is 1. The first-order chi connectivity index (χ1) is 13.4. The molecule has 0 aliphatic heterocycles. The standard InChI is InChI=1S/C22H29N3O3.ClH/c1-6-15(2)23-13-16-8-10-20(21(12-16)27-5)28-14-17-7-9-18-19(11-17)25(4)22(26)24(18)3;/h7-12,15,23H,6,13-14H2,1-5H3;1H. The van der Waals surface area contributed by atoms with Crippen LogP contribution in [0, 0.1) is 0 Å². The molecule has 1 heterocycles. The van der Waals surface area contributed by atoms with Crippen molar-refractivity contribution in [3.63, 3.8) is 0 Å². The minimum absolute atomic E-state index is 0. The molecule has 3 aromatic rings. The van der Waals surface area contributed by atoms with Crippen LogP contribution in [-0.4, -0.2) is 22.3 Å². The summed E-state index contributed by atoms with van der Waals surface area (Å²) in [5, 5.41) is 3.48. The number of benzene rings is 2. The maximum absolute atomic E-state index is 12.1. The Kier molecular flexibility index (Phi) is 7.76. The van der Waals surface area contributed by atoms with Crippen molar-refractivity contribution >= 4 is 23.4 Å². The molecular weight excluding hydrogens is 390 g/mol. The number of ether oxygens (including phenoxy) is 2. The fourth-order valence-corrected chi connectivity index (χ4v) is 3.18. The fraction of sp³-hybridized carbons (Fsp3) is 0.409. The van der Waals surface area contributed by atoms with Crippen molar-refractivity contribution < 1.29 is 9.47 Å². The fourth-order valence-electron chi connectivity index (χ4n) is 3.18. The summed E-state index contributed by atoms with van der Waals surface area (Å²) < 4.78 is 14.8. The average molecular weight is 420 g/mol. The first-order valence-corrected chi connectivity index (χ1v) is 9.62. The van der Waals surface area contributed by atoms with E-state index in [4.69, 9.17) is 9.47 Å². The third-order valence-corrected chi connectivity index (χ3v) is 5.23. The highest BCUT2D eigenvalue weighted by Crippen LogP contribution is 2.29. The van der Waals surface area contributed by atoms with Gasteiger partial charge in [-0.2, -0.15) is 0 Å². The van der Waals surface area contributed by atoms with E-state index in [9.17, 15) is 4.79 Å². The summed E-state index contributed by atoms with van der Waals surface area (Å²) in [4.78, 5) is 12.1. The Morgan fingerprint density at radius 2 is 1.69 bits per heavy atom. The van der Waals surface area contributed by atoms with Gasteiger partial charge in [0, 0.05) is 26.7 Å².